The van der Waals surface area contributed by atoms with Crippen LogP contribution in [0.15, 0.2) is 109 Å². The molecular weight excluding hydrogens is 1100 g/mol. The third kappa shape index (κ3) is 70.6. The molecule has 0 rings (SSSR count). The average Bonchev–Trinajstić information content (AvgIpc) is 3.70. The number of aliphatic hydroxyl groups excluding tert-OH is 1. The fraction of sp³-hybridized carbons (Fsp3) is 0.759. The minimum absolute atomic E-state index is 0.0116. The van der Waals surface area contributed by atoms with Gasteiger partial charge >= 0.3 is 0 Å². The number of nitrogens with zero attached hydrogens (tertiary/aromatic N) is 1. The lowest BCUT2D eigenvalue weighted by Gasteiger charge is -2.29. The molecule has 0 radical (unpaired) electrons. The molecule has 1 amide bonds. The van der Waals surface area contributed by atoms with Crippen molar-refractivity contribution < 1.29 is 32.9 Å². The molecule has 0 aliphatic heterocycles. The normalized spacial score (nSPS) is 14.2. The van der Waals surface area contributed by atoms with E-state index in [0.29, 0.717) is 17.4 Å². The molecule has 8 nitrogen and oxygen atoms in total. The van der Waals surface area contributed by atoms with Gasteiger partial charge in [0.2, 0.25) is 5.91 Å². The van der Waals surface area contributed by atoms with Gasteiger partial charge in [0.05, 0.1) is 39.9 Å². The van der Waals surface area contributed by atoms with E-state index in [1.54, 1.807) is 6.08 Å². The van der Waals surface area contributed by atoms with Crippen LogP contribution in [0.4, 0.5) is 0 Å². The first-order chi connectivity index (χ1) is 43.0. The highest BCUT2D eigenvalue weighted by Gasteiger charge is 2.23. The van der Waals surface area contributed by atoms with Crippen LogP contribution in [0.2, 0.25) is 0 Å². The summed E-state index contributed by atoms with van der Waals surface area (Å²) in [6.45, 7) is 4.54. The summed E-state index contributed by atoms with van der Waals surface area (Å²) in [5, 5.41) is 14.0. The maximum atomic E-state index is 13.1. The van der Waals surface area contributed by atoms with Gasteiger partial charge in [-0.05, 0) is 96.3 Å². The molecule has 3 unspecified atom stereocenters. The zero-order chi connectivity index (χ0) is 64.1. The Balaban J connectivity index is 4.08. The smallest absolute Gasteiger partial charge is 0.268 e. The Morgan fingerprint density at radius 1 is 0.409 bits per heavy atom. The van der Waals surface area contributed by atoms with Gasteiger partial charge in [-0.3, -0.25) is 9.36 Å². The highest BCUT2D eigenvalue weighted by Crippen LogP contribution is 2.38. The average molecular weight is 1250 g/mol. The number of unbranched alkanes of at least 4 members (excludes halogenated alkanes) is 39. The molecule has 9 heteroatoms. The fourth-order valence-electron chi connectivity index (χ4n) is 10.7. The van der Waals surface area contributed by atoms with E-state index >= 15 is 0 Å². The molecule has 0 heterocycles. The van der Waals surface area contributed by atoms with Gasteiger partial charge in [-0.1, -0.05) is 342 Å². The number of hydrogen-bond acceptors (Lipinski definition) is 6. The predicted molar refractivity (Wildman–Crippen MR) is 385 cm³/mol. The van der Waals surface area contributed by atoms with Crippen LogP contribution in [-0.4, -0.2) is 68.5 Å². The lowest BCUT2D eigenvalue weighted by molar-refractivity contribution is -0.870. The monoisotopic (exact) mass is 1250 g/mol. The molecule has 88 heavy (non-hydrogen) atoms. The molecule has 0 aromatic carbocycles. The third-order valence-corrected chi connectivity index (χ3v) is 17.4. The lowest BCUT2D eigenvalue weighted by atomic mass is 10.0. The Morgan fingerprint density at radius 3 is 1.06 bits per heavy atom. The number of phosphoric ester groups is 1. The lowest BCUT2D eigenvalue weighted by Crippen LogP contribution is -2.45. The van der Waals surface area contributed by atoms with E-state index in [0.717, 1.165) is 83.5 Å². The second-order valence-corrected chi connectivity index (χ2v) is 27.7. The molecular formula is C79H143N2O6P. The number of allylic oxidation sites excluding steroid dienone is 17. The van der Waals surface area contributed by atoms with Gasteiger partial charge in [-0.2, -0.15) is 0 Å². The molecule has 0 saturated heterocycles. The number of hydrogen-bond donors (Lipinski definition) is 2. The third-order valence-electron chi connectivity index (χ3n) is 16.4. The summed E-state index contributed by atoms with van der Waals surface area (Å²) in [5.74, 6) is -0.210. The second kappa shape index (κ2) is 68.5. The maximum Gasteiger partial charge on any atom is 0.268 e. The van der Waals surface area contributed by atoms with E-state index in [-0.39, 0.29) is 12.5 Å². The van der Waals surface area contributed by atoms with Crippen molar-refractivity contribution in [1.82, 2.24) is 5.32 Å². The van der Waals surface area contributed by atoms with E-state index in [4.69, 9.17) is 9.05 Å². The Bertz CT molecular complexity index is 1810. The first-order valence-electron chi connectivity index (χ1n) is 37.2. The quantitative estimate of drug-likeness (QED) is 0.0272. The molecule has 0 bridgehead atoms. The van der Waals surface area contributed by atoms with E-state index in [9.17, 15) is 19.4 Å². The second-order valence-electron chi connectivity index (χ2n) is 26.3. The summed E-state index contributed by atoms with van der Waals surface area (Å²) in [4.78, 5) is 25.7. The Morgan fingerprint density at radius 2 is 0.705 bits per heavy atom. The number of aliphatic hydroxyl groups is 1. The van der Waals surface area contributed by atoms with Crippen molar-refractivity contribution in [3.63, 3.8) is 0 Å². The summed E-state index contributed by atoms with van der Waals surface area (Å²) in [5.41, 5.74) is 0. The van der Waals surface area contributed by atoms with Crippen LogP contribution < -0.4 is 10.2 Å². The van der Waals surface area contributed by atoms with Crippen molar-refractivity contribution >= 4 is 13.7 Å². The highest BCUT2D eigenvalue weighted by molar-refractivity contribution is 7.45. The van der Waals surface area contributed by atoms with Crippen LogP contribution in [0.5, 0.6) is 0 Å². The first-order valence-corrected chi connectivity index (χ1v) is 38.7. The van der Waals surface area contributed by atoms with E-state index < -0.39 is 26.6 Å². The summed E-state index contributed by atoms with van der Waals surface area (Å²) >= 11 is 0. The number of carbonyl (C=O) groups is 1. The van der Waals surface area contributed by atoms with Gasteiger partial charge in [-0.25, -0.2) is 0 Å². The summed E-state index contributed by atoms with van der Waals surface area (Å²) in [6, 6.07) is -0.917. The summed E-state index contributed by atoms with van der Waals surface area (Å²) in [7, 11) is 1.24. The van der Waals surface area contributed by atoms with Crippen LogP contribution in [0.1, 0.15) is 335 Å². The van der Waals surface area contributed by atoms with Gasteiger partial charge in [-0.15, -0.1) is 0 Å². The van der Waals surface area contributed by atoms with Crippen molar-refractivity contribution in [1.29, 1.82) is 0 Å². The molecule has 3 atom stereocenters. The molecule has 510 valence electrons. The Kier molecular flexibility index (Phi) is 66.3. The molecule has 0 aromatic rings. The topological polar surface area (TPSA) is 108 Å². The van der Waals surface area contributed by atoms with Crippen LogP contribution >= 0.6 is 7.82 Å². The molecule has 0 aliphatic rings. The van der Waals surface area contributed by atoms with E-state index in [2.05, 4.69) is 116 Å². The number of quaternary nitrogens is 1. The Labute approximate surface area is 546 Å². The summed E-state index contributed by atoms with van der Waals surface area (Å²) < 4.78 is 23.5. The van der Waals surface area contributed by atoms with Crippen LogP contribution in [0.3, 0.4) is 0 Å². The van der Waals surface area contributed by atoms with Crippen molar-refractivity contribution in [3.8, 4) is 0 Å². The van der Waals surface area contributed by atoms with Crippen LogP contribution in [0.25, 0.3) is 0 Å². The number of carbonyl (C=O) groups excluding carboxylic acids is 1. The zero-order valence-corrected chi connectivity index (χ0v) is 59.3. The molecule has 0 aliphatic carbocycles. The van der Waals surface area contributed by atoms with Gasteiger partial charge in [0, 0.05) is 6.42 Å². The summed E-state index contributed by atoms with van der Waals surface area (Å²) in [6.07, 6.45) is 101. The number of rotatable bonds is 68. The molecule has 0 saturated carbocycles. The standard InChI is InChI=1S/C79H143N2O6P/c1-6-8-10-12-14-16-18-20-22-24-26-28-30-32-34-36-37-38-39-40-41-42-43-45-47-49-51-53-55-57-59-61-63-65-67-69-71-73-79(83)80-77(76-87-88(84,85)86-75-74-81(3,4)5)78(82)72-70-68-66-64-62-60-58-56-54-52-50-48-46-44-35-33-31-29-27-25-23-21-19-17-15-13-11-9-7-2/h8,10,14,16,20,22,26,28,32,34,37-38,54,56,62,64,70,72,77-78,82H,6-7,9,11-13,15,17-19,21,23-25,27,29-31,33,35-36,39-53,55,57-61,63,65-69,71,73-76H2,1-5H3,(H-,80,83,84,85)/b10-8-,16-14-,22-20-,28-26-,34-32-,38-37-,56-54+,64-62+,72-70+. The van der Waals surface area contributed by atoms with Crippen molar-refractivity contribution in [3.05, 3.63) is 109 Å². The van der Waals surface area contributed by atoms with Gasteiger partial charge in [0.1, 0.15) is 13.2 Å². The molecule has 0 spiro atoms. The first kappa shape index (κ1) is 85.2. The SMILES string of the molecule is CC/C=C\C/C=C\C/C=C\C/C=C\C/C=C\C/C=C\CCCCCCCCCCCCCCCCCCCCC(=O)NC(COP(=O)([O-])OCC[N+](C)(C)C)C(O)/C=C/CC/C=C/CC/C=C/CCCCCCCCCCCCCCCCCCCCC. The van der Waals surface area contributed by atoms with Gasteiger partial charge in [0.25, 0.3) is 7.82 Å². The van der Waals surface area contributed by atoms with Gasteiger partial charge < -0.3 is 28.8 Å². The highest BCUT2D eigenvalue weighted by atomic mass is 31.2. The van der Waals surface area contributed by atoms with Gasteiger partial charge in [0.15, 0.2) is 0 Å². The molecule has 0 aromatic heterocycles. The number of phosphoric acid groups is 1. The number of nitrogens with one attached hydrogen (secondary N) is 1. The van der Waals surface area contributed by atoms with Crippen molar-refractivity contribution in [2.45, 2.75) is 347 Å². The minimum Gasteiger partial charge on any atom is -0.756 e. The largest absolute Gasteiger partial charge is 0.756 e. The fourth-order valence-corrected chi connectivity index (χ4v) is 11.4. The molecule has 0 fully saturated rings. The van der Waals surface area contributed by atoms with Crippen molar-refractivity contribution in [2.75, 3.05) is 40.9 Å². The Hall–Kier alpha value is -2.84. The van der Waals surface area contributed by atoms with Crippen LogP contribution in [0, 0.1) is 0 Å². The maximum absolute atomic E-state index is 13.1. The van der Waals surface area contributed by atoms with Crippen molar-refractivity contribution in [2.24, 2.45) is 0 Å². The number of likely N-dealkylation sites (N-methyl/N-ethyl adjacent to an activating group) is 1. The molecule has 2 N–H and O–H groups in total. The predicted octanol–water partition coefficient (Wildman–Crippen LogP) is 23.6. The van der Waals surface area contributed by atoms with Crippen LogP contribution in [-0.2, 0) is 18.4 Å². The zero-order valence-electron chi connectivity index (χ0n) is 58.4. The number of amides is 1. The van der Waals surface area contributed by atoms with E-state index in [1.807, 2.05) is 27.2 Å². The van der Waals surface area contributed by atoms with E-state index in [1.165, 1.54) is 231 Å². The minimum atomic E-state index is -4.62.